The van der Waals surface area contributed by atoms with Crippen molar-refractivity contribution in [3.05, 3.63) is 22.7 Å². The van der Waals surface area contributed by atoms with Crippen LogP contribution in [-0.4, -0.2) is 14.5 Å². The fourth-order valence-corrected chi connectivity index (χ4v) is 3.23. The standard InChI is InChI=1S/C12H17BrN2O2S/c1-2-11(8-3-4-8)15-12-6-5-9(7-10(12)13)18(14,16)17/h5-8,11,15H,2-4H2,1H3,(H2,14,16,17). The molecular formula is C12H17BrN2O2S. The predicted octanol–water partition coefficient (Wildman–Crippen LogP) is 2.70. The first-order chi connectivity index (χ1) is 8.41. The third-order valence-corrected chi connectivity index (χ3v) is 4.81. The molecule has 1 aliphatic carbocycles. The van der Waals surface area contributed by atoms with E-state index < -0.39 is 10.0 Å². The molecule has 0 bridgehead atoms. The molecule has 1 aliphatic rings. The van der Waals surface area contributed by atoms with Gasteiger partial charge in [0.15, 0.2) is 0 Å². The van der Waals surface area contributed by atoms with E-state index in [0.717, 1.165) is 22.5 Å². The first-order valence-electron chi connectivity index (χ1n) is 6.00. The predicted molar refractivity (Wildman–Crippen MR) is 75.9 cm³/mol. The number of benzene rings is 1. The smallest absolute Gasteiger partial charge is 0.238 e. The highest BCUT2D eigenvalue weighted by molar-refractivity contribution is 9.10. The highest BCUT2D eigenvalue weighted by atomic mass is 79.9. The molecule has 1 saturated carbocycles. The molecule has 1 unspecified atom stereocenters. The maximum atomic E-state index is 11.2. The van der Waals surface area contributed by atoms with E-state index in [1.54, 1.807) is 6.07 Å². The van der Waals surface area contributed by atoms with Crippen LogP contribution in [0.5, 0.6) is 0 Å². The molecule has 1 atom stereocenters. The van der Waals surface area contributed by atoms with Gasteiger partial charge in [-0.2, -0.15) is 0 Å². The number of hydrogen-bond acceptors (Lipinski definition) is 3. The van der Waals surface area contributed by atoms with Crippen molar-refractivity contribution >= 4 is 31.6 Å². The Balaban J connectivity index is 2.19. The third kappa shape index (κ3) is 3.24. The Morgan fingerprint density at radius 3 is 2.61 bits per heavy atom. The van der Waals surface area contributed by atoms with Gasteiger partial charge < -0.3 is 5.32 Å². The number of sulfonamides is 1. The van der Waals surface area contributed by atoms with Gasteiger partial charge >= 0.3 is 0 Å². The molecule has 0 aliphatic heterocycles. The van der Waals surface area contributed by atoms with Crippen LogP contribution >= 0.6 is 15.9 Å². The normalized spacial score (nSPS) is 17.5. The Morgan fingerprint density at radius 1 is 1.50 bits per heavy atom. The van der Waals surface area contributed by atoms with Crippen molar-refractivity contribution in [2.75, 3.05) is 5.32 Å². The summed E-state index contributed by atoms with van der Waals surface area (Å²) < 4.78 is 23.2. The summed E-state index contributed by atoms with van der Waals surface area (Å²) in [4.78, 5) is 0.124. The summed E-state index contributed by atoms with van der Waals surface area (Å²) in [5, 5.41) is 8.55. The van der Waals surface area contributed by atoms with Gasteiger partial charge in [0, 0.05) is 16.2 Å². The molecule has 0 aromatic heterocycles. The second-order valence-corrected chi connectivity index (χ2v) is 7.10. The fourth-order valence-electron chi connectivity index (χ4n) is 2.04. The summed E-state index contributed by atoms with van der Waals surface area (Å²) in [5.74, 6) is 0.750. The highest BCUT2D eigenvalue weighted by Crippen LogP contribution is 2.37. The van der Waals surface area contributed by atoms with E-state index in [1.165, 1.54) is 25.0 Å². The minimum Gasteiger partial charge on any atom is -0.381 e. The maximum Gasteiger partial charge on any atom is 0.238 e. The summed E-state index contributed by atoms with van der Waals surface area (Å²) in [7, 11) is -3.64. The van der Waals surface area contributed by atoms with Crippen LogP contribution in [-0.2, 0) is 10.0 Å². The Morgan fingerprint density at radius 2 is 2.17 bits per heavy atom. The van der Waals surface area contributed by atoms with Crippen LogP contribution in [0.3, 0.4) is 0 Å². The minimum absolute atomic E-state index is 0.124. The Bertz CT molecular complexity index is 541. The molecule has 1 fully saturated rings. The lowest BCUT2D eigenvalue weighted by molar-refractivity contribution is 0.597. The van der Waals surface area contributed by atoms with Crippen molar-refractivity contribution in [3.63, 3.8) is 0 Å². The van der Waals surface area contributed by atoms with Crippen LogP contribution in [0.15, 0.2) is 27.6 Å². The highest BCUT2D eigenvalue weighted by Gasteiger charge is 2.30. The molecule has 1 aromatic carbocycles. The van der Waals surface area contributed by atoms with Crippen molar-refractivity contribution in [1.29, 1.82) is 0 Å². The molecule has 6 heteroatoms. The summed E-state index contributed by atoms with van der Waals surface area (Å²) in [5.41, 5.74) is 0.918. The zero-order chi connectivity index (χ0) is 13.3. The number of halogens is 1. The number of anilines is 1. The lowest BCUT2D eigenvalue weighted by atomic mass is 10.1. The second kappa shape index (κ2) is 5.19. The molecule has 2 rings (SSSR count). The zero-order valence-corrected chi connectivity index (χ0v) is 12.6. The van der Waals surface area contributed by atoms with Crippen LogP contribution < -0.4 is 10.5 Å². The summed E-state index contributed by atoms with van der Waals surface area (Å²) in [6.45, 7) is 2.16. The van der Waals surface area contributed by atoms with E-state index in [4.69, 9.17) is 5.14 Å². The van der Waals surface area contributed by atoms with Gasteiger partial charge in [0.25, 0.3) is 0 Å². The first-order valence-corrected chi connectivity index (χ1v) is 8.34. The molecule has 0 radical (unpaired) electrons. The number of primary sulfonamides is 1. The van der Waals surface area contributed by atoms with Crippen LogP contribution in [0, 0.1) is 5.92 Å². The second-order valence-electron chi connectivity index (χ2n) is 4.68. The SMILES string of the molecule is CCC(Nc1ccc(S(N)(=O)=O)cc1Br)C1CC1. The van der Waals surface area contributed by atoms with E-state index in [1.807, 2.05) is 0 Å². The van der Waals surface area contributed by atoms with Crippen molar-refractivity contribution < 1.29 is 8.42 Å². The lowest BCUT2D eigenvalue weighted by Gasteiger charge is -2.19. The van der Waals surface area contributed by atoms with Crippen LogP contribution in [0.1, 0.15) is 26.2 Å². The topological polar surface area (TPSA) is 72.2 Å². The number of hydrogen-bond donors (Lipinski definition) is 2. The first kappa shape index (κ1) is 13.8. The molecule has 0 heterocycles. The van der Waals surface area contributed by atoms with Gasteiger partial charge in [-0.15, -0.1) is 0 Å². The summed E-state index contributed by atoms with van der Waals surface area (Å²) in [6, 6.07) is 5.29. The lowest BCUT2D eigenvalue weighted by Crippen LogP contribution is -2.21. The molecule has 1 aromatic rings. The van der Waals surface area contributed by atoms with Crippen molar-refractivity contribution in [3.8, 4) is 0 Å². The van der Waals surface area contributed by atoms with Gasteiger partial charge in [-0.3, -0.25) is 0 Å². The average Bonchev–Trinajstić information content (AvgIpc) is 3.10. The number of rotatable bonds is 5. The Labute approximate surface area is 116 Å². The van der Waals surface area contributed by atoms with Gasteiger partial charge in [0.2, 0.25) is 10.0 Å². The molecule has 0 saturated heterocycles. The van der Waals surface area contributed by atoms with E-state index >= 15 is 0 Å². The van der Waals surface area contributed by atoms with E-state index in [-0.39, 0.29) is 4.90 Å². The van der Waals surface area contributed by atoms with Crippen molar-refractivity contribution in [2.24, 2.45) is 11.1 Å². The van der Waals surface area contributed by atoms with Crippen LogP contribution in [0.4, 0.5) is 5.69 Å². The van der Waals surface area contributed by atoms with Crippen molar-refractivity contribution in [1.82, 2.24) is 0 Å². The number of nitrogens with one attached hydrogen (secondary N) is 1. The minimum atomic E-state index is -3.64. The van der Waals surface area contributed by atoms with Gasteiger partial charge in [0.05, 0.1) is 4.90 Å². The summed E-state index contributed by atoms with van der Waals surface area (Å²) >= 11 is 3.38. The van der Waals surface area contributed by atoms with E-state index in [9.17, 15) is 8.42 Å². The molecule has 4 nitrogen and oxygen atoms in total. The van der Waals surface area contributed by atoms with Crippen LogP contribution in [0.2, 0.25) is 0 Å². The van der Waals surface area contributed by atoms with E-state index in [0.29, 0.717) is 6.04 Å². The Hall–Kier alpha value is -0.590. The zero-order valence-electron chi connectivity index (χ0n) is 10.2. The monoisotopic (exact) mass is 332 g/mol. The molecule has 0 amide bonds. The largest absolute Gasteiger partial charge is 0.381 e. The van der Waals surface area contributed by atoms with Crippen molar-refractivity contribution in [2.45, 2.75) is 37.1 Å². The average molecular weight is 333 g/mol. The van der Waals surface area contributed by atoms with Gasteiger partial charge in [-0.25, -0.2) is 13.6 Å². The number of nitrogens with two attached hydrogens (primary N) is 1. The molecule has 3 N–H and O–H groups in total. The molecule has 100 valence electrons. The molecule has 0 spiro atoms. The third-order valence-electron chi connectivity index (χ3n) is 3.24. The fraction of sp³-hybridized carbons (Fsp3) is 0.500. The van der Waals surface area contributed by atoms with Crippen LogP contribution in [0.25, 0.3) is 0 Å². The Kier molecular flexibility index (Phi) is 3.99. The summed E-state index contributed by atoms with van der Waals surface area (Å²) in [6.07, 6.45) is 3.62. The van der Waals surface area contributed by atoms with Gasteiger partial charge in [-0.1, -0.05) is 6.92 Å². The quantitative estimate of drug-likeness (QED) is 0.870. The molecule has 18 heavy (non-hydrogen) atoms. The molecular weight excluding hydrogens is 316 g/mol. The van der Waals surface area contributed by atoms with Gasteiger partial charge in [0.1, 0.15) is 0 Å². The van der Waals surface area contributed by atoms with E-state index in [2.05, 4.69) is 28.2 Å². The maximum absolute atomic E-state index is 11.2. The van der Waals surface area contributed by atoms with Gasteiger partial charge in [-0.05, 0) is 59.3 Å².